The van der Waals surface area contributed by atoms with Gasteiger partial charge in [0.15, 0.2) is 5.69 Å². The third kappa shape index (κ3) is 6.38. The van der Waals surface area contributed by atoms with E-state index < -0.39 is 34.8 Å². The van der Waals surface area contributed by atoms with E-state index in [1.54, 1.807) is 36.4 Å². The summed E-state index contributed by atoms with van der Waals surface area (Å²) in [7, 11) is 0. The van der Waals surface area contributed by atoms with Gasteiger partial charge in [0, 0.05) is 17.6 Å². The Hall–Kier alpha value is -4.99. The second-order valence-corrected chi connectivity index (χ2v) is 11.2. The van der Waals surface area contributed by atoms with Crippen molar-refractivity contribution in [2.45, 2.75) is 37.4 Å². The number of halogens is 5. The van der Waals surface area contributed by atoms with Gasteiger partial charge < -0.3 is 16.8 Å². The first-order valence-electron chi connectivity index (χ1n) is 14.2. The molecule has 6 rings (SSSR count). The van der Waals surface area contributed by atoms with Crippen LogP contribution in [0.2, 0.25) is 0 Å². The average molecular weight is 650 g/mol. The number of amides is 1. The number of fused-ring (bicyclic) bond motifs is 1. The van der Waals surface area contributed by atoms with Crippen molar-refractivity contribution in [2.75, 3.05) is 11.1 Å². The highest BCUT2D eigenvalue weighted by molar-refractivity contribution is 6.04. The van der Waals surface area contributed by atoms with Gasteiger partial charge in [-0.25, -0.2) is 14.1 Å². The molecule has 5 aromatic rings. The molecule has 0 spiro atoms. The molecule has 236 valence electrons. The number of alkyl halides is 3. The number of anilines is 2. The zero-order chi connectivity index (χ0) is 31.9. The fourth-order valence-electron chi connectivity index (χ4n) is 5.43. The first-order chi connectivity index (χ1) is 21.5. The number of aromatic nitrogens is 3. The second-order valence-electron chi connectivity index (χ2n) is 11.2. The zero-order valence-electron chi connectivity index (χ0n) is 24.2. The predicted molar refractivity (Wildman–Crippen MR) is 168 cm³/mol. The molecule has 0 radical (unpaired) electrons. The maximum absolute atomic E-state index is 15.2. The normalized spacial score (nSPS) is 14.3. The number of carbonyl (C=O) groups is 1. The molecule has 8 nitrogen and oxygen atoms in total. The van der Waals surface area contributed by atoms with E-state index in [0.717, 1.165) is 30.0 Å². The zero-order valence-corrected chi connectivity index (χ0v) is 25.0. The highest BCUT2D eigenvalue weighted by Crippen LogP contribution is 2.41. The van der Waals surface area contributed by atoms with Crippen molar-refractivity contribution in [1.29, 1.82) is 5.26 Å². The minimum absolute atomic E-state index is 0. The van der Waals surface area contributed by atoms with Crippen molar-refractivity contribution in [2.24, 2.45) is 11.7 Å². The van der Waals surface area contributed by atoms with E-state index in [-0.39, 0.29) is 29.6 Å². The molecule has 1 aliphatic carbocycles. The maximum atomic E-state index is 15.2. The van der Waals surface area contributed by atoms with Crippen LogP contribution in [0.25, 0.3) is 16.5 Å². The van der Waals surface area contributed by atoms with Gasteiger partial charge in [0.25, 0.3) is 5.91 Å². The van der Waals surface area contributed by atoms with Gasteiger partial charge in [-0.1, -0.05) is 37.1 Å². The van der Waals surface area contributed by atoms with Crippen molar-refractivity contribution in [3.05, 3.63) is 113 Å². The number of nitrogens with one attached hydrogen (secondary N) is 1. The third-order valence-electron chi connectivity index (χ3n) is 8.14. The number of pyridine rings is 1. The van der Waals surface area contributed by atoms with Crippen LogP contribution in [-0.4, -0.2) is 20.7 Å². The summed E-state index contributed by atoms with van der Waals surface area (Å²) in [6, 6.07) is 19.8. The monoisotopic (exact) mass is 649 g/mol. The van der Waals surface area contributed by atoms with E-state index in [4.69, 9.17) is 11.5 Å². The Morgan fingerprint density at radius 3 is 2.52 bits per heavy atom. The van der Waals surface area contributed by atoms with Crippen LogP contribution in [-0.2, 0) is 11.7 Å². The van der Waals surface area contributed by atoms with E-state index in [1.165, 1.54) is 30.5 Å². The highest BCUT2D eigenvalue weighted by atomic mass is 35.5. The third-order valence-corrected chi connectivity index (χ3v) is 8.14. The number of nitriles is 1. The minimum Gasteiger partial charge on any atom is -0.383 e. The standard InChI is InChI=1S/C33H27F4N7O.ClH/c34-26-9-7-23(32(40,12-10-19-4-5-19)22-3-1-2-20(14-22)18-38)15-27(26)42-31(45)28-17-29(33(35,36)37)43-44(28)24-8-6-21-11-13-41-30(39)25(21)16-24;/h1-3,6-9,11,13-17,19H,4-5,10,12,40H2,(H2,39,41)(H,42,45);1H. The molecule has 5 N–H and O–H groups in total. The molecule has 2 aromatic heterocycles. The van der Waals surface area contributed by atoms with Crippen LogP contribution in [0.4, 0.5) is 29.1 Å². The molecule has 3 aromatic carbocycles. The topological polar surface area (TPSA) is 136 Å². The lowest BCUT2D eigenvalue weighted by atomic mass is 9.79. The summed E-state index contributed by atoms with van der Waals surface area (Å²) < 4.78 is 57.3. The van der Waals surface area contributed by atoms with E-state index in [9.17, 15) is 23.2 Å². The van der Waals surface area contributed by atoms with Crippen molar-refractivity contribution in [3.8, 4) is 11.8 Å². The Balaban J connectivity index is 0.00000417. The molecular formula is C33H28ClF4N7O. The van der Waals surface area contributed by atoms with Crippen molar-refractivity contribution < 1.29 is 22.4 Å². The molecular weight excluding hydrogens is 622 g/mol. The van der Waals surface area contributed by atoms with E-state index >= 15 is 4.39 Å². The minimum atomic E-state index is -4.86. The molecule has 1 fully saturated rings. The molecule has 13 heteroatoms. The molecule has 0 bridgehead atoms. The number of nitrogens with zero attached hydrogens (tertiary/aromatic N) is 4. The largest absolute Gasteiger partial charge is 0.435 e. The quantitative estimate of drug-likeness (QED) is 0.154. The van der Waals surface area contributed by atoms with Crippen LogP contribution in [0.5, 0.6) is 0 Å². The van der Waals surface area contributed by atoms with Gasteiger partial charge in [0.05, 0.1) is 28.5 Å². The van der Waals surface area contributed by atoms with Gasteiger partial charge in [-0.15, -0.1) is 12.4 Å². The maximum Gasteiger partial charge on any atom is 0.435 e. The van der Waals surface area contributed by atoms with Crippen LogP contribution in [0.1, 0.15) is 58.6 Å². The van der Waals surface area contributed by atoms with Crippen LogP contribution in [0, 0.1) is 23.1 Å². The van der Waals surface area contributed by atoms with Crippen molar-refractivity contribution in [3.63, 3.8) is 0 Å². The van der Waals surface area contributed by atoms with Gasteiger partial charge in [0.2, 0.25) is 0 Å². The van der Waals surface area contributed by atoms with Gasteiger partial charge in [0.1, 0.15) is 17.3 Å². The first kappa shape index (κ1) is 32.4. The Kier molecular flexibility index (Phi) is 8.75. The fourth-order valence-corrected chi connectivity index (χ4v) is 5.43. The van der Waals surface area contributed by atoms with Crippen molar-refractivity contribution in [1.82, 2.24) is 14.8 Å². The number of hydrogen-bond acceptors (Lipinski definition) is 6. The molecule has 0 saturated heterocycles. The highest BCUT2D eigenvalue weighted by Gasteiger charge is 2.37. The van der Waals surface area contributed by atoms with Crippen molar-refractivity contribution >= 4 is 40.6 Å². The number of benzene rings is 3. The lowest BCUT2D eigenvalue weighted by Gasteiger charge is -2.32. The van der Waals surface area contributed by atoms with Crippen LogP contribution in [0.15, 0.2) is 79.0 Å². The summed E-state index contributed by atoms with van der Waals surface area (Å²) >= 11 is 0. The summed E-state index contributed by atoms with van der Waals surface area (Å²) in [5.74, 6) is -1.17. The Bertz CT molecular complexity index is 1980. The summed E-state index contributed by atoms with van der Waals surface area (Å²) in [4.78, 5) is 17.6. The number of hydrogen-bond donors (Lipinski definition) is 3. The van der Waals surface area contributed by atoms with E-state index in [0.29, 0.717) is 45.9 Å². The molecule has 0 aliphatic heterocycles. The van der Waals surface area contributed by atoms with Gasteiger partial charge in [-0.3, -0.25) is 4.79 Å². The number of rotatable bonds is 8. The molecule has 46 heavy (non-hydrogen) atoms. The van der Waals surface area contributed by atoms with Gasteiger partial charge >= 0.3 is 6.18 Å². The predicted octanol–water partition coefficient (Wildman–Crippen LogP) is 7.10. The fraction of sp³-hybridized carbons (Fsp3) is 0.212. The van der Waals surface area contributed by atoms with E-state index in [1.807, 2.05) is 0 Å². The SMILES string of the molecule is Cl.N#Cc1cccc(C(N)(CCC2CC2)c2ccc(F)c(NC(=O)c3cc(C(F)(F)F)nn3-c3ccc4ccnc(N)c4c3)c2)c1. The summed E-state index contributed by atoms with van der Waals surface area (Å²) in [5.41, 5.74) is 11.4. The Morgan fingerprint density at radius 1 is 1.04 bits per heavy atom. The van der Waals surface area contributed by atoms with Gasteiger partial charge in [-0.2, -0.15) is 23.5 Å². The lowest BCUT2D eigenvalue weighted by molar-refractivity contribution is -0.141. The summed E-state index contributed by atoms with van der Waals surface area (Å²) in [5, 5.41) is 16.7. The number of carbonyl (C=O) groups excluding carboxylic acids is 1. The van der Waals surface area contributed by atoms with Gasteiger partial charge in [-0.05, 0) is 77.7 Å². The smallest absolute Gasteiger partial charge is 0.383 e. The van der Waals surface area contributed by atoms with Crippen LogP contribution < -0.4 is 16.8 Å². The molecule has 1 unspecified atom stereocenters. The number of nitrogens with two attached hydrogens (primary N) is 2. The Labute approximate surface area is 267 Å². The number of nitrogen functional groups attached to an aromatic ring is 1. The van der Waals surface area contributed by atoms with Crippen LogP contribution >= 0.6 is 12.4 Å². The lowest BCUT2D eigenvalue weighted by Crippen LogP contribution is -2.38. The second kappa shape index (κ2) is 12.4. The molecule has 1 aliphatic rings. The summed E-state index contributed by atoms with van der Waals surface area (Å²) in [6.45, 7) is 0. The molecule has 1 amide bonds. The summed E-state index contributed by atoms with van der Waals surface area (Å²) in [6.07, 6.45) is 0.114. The molecule has 1 saturated carbocycles. The molecule has 1 atom stereocenters. The Morgan fingerprint density at radius 2 is 1.80 bits per heavy atom. The average Bonchev–Trinajstić information content (AvgIpc) is 3.75. The van der Waals surface area contributed by atoms with E-state index in [2.05, 4.69) is 21.5 Å². The first-order valence-corrected chi connectivity index (χ1v) is 14.2. The molecule has 2 heterocycles. The van der Waals surface area contributed by atoms with Crippen LogP contribution in [0.3, 0.4) is 0 Å².